The number of benzene rings is 2. The van der Waals surface area contributed by atoms with Crippen LogP contribution >= 0.6 is 0 Å². The summed E-state index contributed by atoms with van der Waals surface area (Å²) in [6.07, 6.45) is -5.21. The number of halogens is 8. The zero-order chi connectivity index (χ0) is 28.1. The van der Waals surface area contributed by atoms with Crippen LogP contribution < -0.4 is 0 Å². The zero-order valence-corrected chi connectivity index (χ0v) is 17.4. The number of hydrogen-bond donors (Lipinski definition) is 1. The van der Waals surface area contributed by atoms with Crippen molar-refractivity contribution in [2.75, 3.05) is 6.61 Å². The maximum absolute atomic E-state index is 13.8. The van der Waals surface area contributed by atoms with E-state index in [0.29, 0.717) is 6.07 Å². The fourth-order valence-electron chi connectivity index (χ4n) is 3.39. The van der Waals surface area contributed by atoms with Crippen LogP contribution in [-0.4, -0.2) is 57.5 Å². The molecule has 37 heavy (non-hydrogen) atoms. The number of esters is 1. The number of carbonyl (C=O) groups is 1. The molecule has 0 heterocycles. The van der Waals surface area contributed by atoms with E-state index in [1.54, 1.807) is 0 Å². The maximum Gasteiger partial charge on any atom is 0.381 e. The van der Waals surface area contributed by atoms with Crippen molar-refractivity contribution < 1.29 is 59.7 Å². The van der Waals surface area contributed by atoms with Gasteiger partial charge in [-0.3, -0.25) is 20.2 Å². The number of alkyl halides is 8. The molecule has 0 radical (unpaired) electrons. The molecule has 0 unspecified atom stereocenters. The van der Waals surface area contributed by atoms with Gasteiger partial charge in [-0.1, -0.05) is 5.16 Å². The molecule has 18 heteroatoms. The van der Waals surface area contributed by atoms with Gasteiger partial charge >= 0.3 is 30.2 Å². The smallest absolute Gasteiger partial charge is 0.381 e. The summed E-state index contributed by atoms with van der Waals surface area (Å²) in [5.74, 6) is -21.2. The van der Waals surface area contributed by atoms with Crippen molar-refractivity contribution in [1.82, 2.24) is 0 Å². The Morgan fingerprint density at radius 3 is 2.03 bits per heavy atom. The number of rotatable bonds is 8. The average Bonchev–Trinajstić information content (AvgIpc) is 3.14. The molecule has 0 bridgehead atoms. The molecule has 3 rings (SSSR count). The van der Waals surface area contributed by atoms with Crippen LogP contribution in [0.3, 0.4) is 0 Å². The second kappa shape index (κ2) is 8.93. The summed E-state index contributed by atoms with van der Waals surface area (Å²) < 4.78 is 109. The molecule has 1 aliphatic rings. The minimum absolute atomic E-state index is 0.170. The monoisotopic (exact) mass is 543 g/mol. The zero-order valence-electron chi connectivity index (χ0n) is 17.4. The number of oxime groups is 1. The number of ether oxygens (including phenoxy) is 1. The molecule has 0 saturated carbocycles. The molecule has 1 N–H and O–H groups in total. The number of non-ortho nitro benzene ring substituents is 2. The molecule has 198 valence electrons. The van der Waals surface area contributed by atoms with Gasteiger partial charge in [0, 0.05) is 41.0 Å². The highest BCUT2D eigenvalue weighted by molar-refractivity contribution is 6.27. The van der Waals surface area contributed by atoms with E-state index in [1.165, 1.54) is 0 Å². The Bertz CT molecular complexity index is 1350. The van der Waals surface area contributed by atoms with Gasteiger partial charge in [0.25, 0.3) is 11.4 Å². The summed E-state index contributed by atoms with van der Waals surface area (Å²) in [6.45, 7) is -2.84. The van der Waals surface area contributed by atoms with Gasteiger partial charge < -0.3 is 9.94 Å². The SMILES string of the molecule is O=C(OCC(F)(F)C(F)(F)C(F)(F)C(F)F)c1cc([N+](=O)[O-])cc2c1-c1ccc([N+](=O)[O-])cc1/C2=N\O. The highest BCUT2D eigenvalue weighted by Crippen LogP contribution is 2.49. The van der Waals surface area contributed by atoms with E-state index in [0.717, 1.165) is 24.3 Å². The second-order valence-electron chi connectivity index (χ2n) is 7.39. The Morgan fingerprint density at radius 2 is 1.51 bits per heavy atom. The maximum atomic E-state index is 13.8. The molecule has 0 spiro atoms. The van der Waals surface area contributed by atoms with Gasteiger partial charge in [-0.15, -0.1) is 0 Å². The van der Waals surface area contributed by atoms with Gasteiger partial charge in [-0.05, 0) is 11.6 Å². The molecule has 0 atom stereocenters. The first kappa shape index (κ1) is 27.2. The van der Waals surface area contributed by atoms with Crippen LogP contribution in [0.1, 0.15) is 21.5 Å². The number of carbonyl (C=O) groups excluding carboxylic acids is 1. The Hall–Kier alpha value is -4.38. The van der Waals surface area contributed by atoms with Crippen LogP contribution in [-0.2, 0) is 4.74 Å². The summed E-state index contributed by atoms with van der Waals surface area (Å²) in [5, 5.41) is 34.6. The molecule has 0 saturated heterocycles. The van der Waals surface area contributed by atoms with Crippen molar-refractivity contribution in [3.8, 4) is 11.1 Å². The molecule has 0 fully saturated rings. The predicted octanol–water partition coefficient (Wildman–Crippen LogP) is 5.04. The number of nitro benzene ring substituents is 2. The first-order valence-corrected chi connectivity index (χ1v) is 9.40. The Morgan fingerprint density at radius 1 is 0.946 bits per heavy atom. The summed E-state index contributed by atoms with van der Waals surface area (Å²) in [4.78, 5) is 32.9. The lowest BCUT2D eigenvalue weighted by Gasteiger charge is -2.31. The van der Waals surface area contributed by atoms with E-state index in [2.05, 4.69) is 9.89 Å². The average molecular weight is 543 g/mol. The largest absolute Gasteiger partial charge is 0.455 e. The van der Waals surface area contributed by atoms with Crippen LogP contribution in [0.4, 0.5) is 46.5 Å². The fourth-order valence-corrected chi connectivity index (χ4v) is 3.39. The Kier molecular flexibility index (Phi) is 6.57. The molecule has 0 amide bonds. The van der Waals surface area contributed by atoms with E-state index >= 15 is 0 Å². The van der Waals surface area contributed by atoms with Crippen molar-refractivity contribution in [2.24, 2.45) is 5.16 Å². The lowest BCUT2D eigenvalue weighted by molar-refractivity contribution is -0.385. The number of hydrogen-bond acceptors (Lipinski definition) is 8. The fraction of sp³-hybridized carbons (Fsp3) is 0.263. The molecule has 2 aromatic rings. The van der Waals surface area contributed by atoms with Crippen LogP contribution in [0, 0.1) is 20.2 Å². The highest BCUT2D eigenvalue weighted by Gasteiger charge is 2.75. The standard InChI is InChI=1S/C19H9F8N3O7/c20-16(21)18(24,25)19(26,27)17(22,23)6-37-15(31)12-5-8(30(35)36)4-11-13(12)9-2-1-7(29(33)34)3-10(9)14(11)28-32/h1-5,16,32H,6H2/b28-14+. The first-order valence-electron chi connectivity index (χ1n) is 9.40. The van der Waals surface area contributed by atoms with Crippen LogP contribution in [0.2, 0.25) is 0 Å². The van der Waals surface area contributed by atoms with Gasteiger partial charge in [-0.25, -0.2) is 13.6 Å². The van der Waals surface area contributed by atoms with Gasteiger partial charge in [0.15, 0.2) is 6.61 Å². The van der Waals surface area contributed by atoms with Gasteiger partial charge in [-0.2, -0.15) is 26.3 Å². The molecule has 2 aromatic carbocycles. The van der Waals surface area contributed by atoms with Crippen molar-refractivity contribution in [2.45, 2.75) is 24.2 Å². The van der Waals surface area contributed by atoms with E-state index in [1.807, 2.05) is 0 Å². The Labute approximate surface area is 198 Å². The molecular weight excluding hydrogens is 534 g/mol. The normalized spacial score (nSPS) is 14.5. The third kappa shape index (κ3) is 4.27. The molecule has 1 aliphatic carbocycles. The predicted molar refractivity (Wildman–Crippen MR) is 104 cm³/mol. The van der Waals surface area contributed by atoms with Crippen LogP contribution in [0.15, 0.2) is 35.5 Å². The number of nitrogens with zero attached hydrogens (tertiary/aromatic N) is 3. The van der Waals surface area contributed by atoms with Crippen LogP contribution in [0.25, 0.3) is 11.1 Å². The third-order valence-corrected chi connectivity index (χ3v) is 5.18. The van der Waals surface area contributed by atoms with E-state index in [9.17, 15) is 65.4 Å². The lowest BCUT2D eigenvalue weighted by Crippen LogP contribution is -2.59. The van der Waals surface area contributed by atoms with Crippen molar-refractivity contribution >= 4 is 23.1 Å². The lowest BCUT2D eigenvalue weighted by atomic mass is 9.98. The minimum Gasteiger partial charge on any atom is -0.455 e. The van der Waals surface area contributed by atoms with Crippen LogP contribution in [0.5, 0.6) is 0 Å². The van der Waals surface area contributed by atoms with Crippen molar-refractivity contribution in [3.63, 3.8) is 0 Å². The molecular formula is C19H9F8N3O7. The quantitative estimate of drug-likeness (QED) is 0.138. The first-order chi connectivity index (χ1) is 17.0. The molecule has 10 nitrogen and oxygen atoms in total. The topological polar surface area (TPSA) is 145 Å². The summed E-state index contributed by atoms with van der Waals surface area (Å²) >= 11 is 0. The second-order valence-corrected chi connectivity index (χ2v) is 7.39. The summed E-state index contributed by atoms with van der Waals surface area (Å²) in [6, 6.07) is 3.88. The van der Waals surface area contributed by atoms with E-state index < -0.39 is 80.4 Å². The molecule has 0 aliphatic heterocycles. The summed E-state index contributed by atoms with van der Waals surface area (Å²) in [5.41, 5.74) is -4.32. The minimum atomic E-state index is -6.68. The molecule has 0 aromatic heterocycles. The van der Waals surface area contributed by atoms with Gasteiger partial charge in [0.05, 0.1) is 15.4 Å². The van der Waals surface area contributed by atoms with Crippen molar-refractivity contribution in [1.29, 1.82) is 0 Å². The Balaban J connectivity index is 2.09. The van der Waals surface area contributed by atoms with Gasteiger partial charge in [0.2, 0.25) is 0 Å². The van der Waals surface area contributed by atoms with E-state index in [-0.39, 0.29) is 11.1 Å². The summed E-state index contributed by atoms with van der Waals surface area (Å²) in [7, 11) is 0. The van der Waals surface area contributed by atoms with Gasteiger partial charge in [0.1, 0.15) is 5.71 Å². The third-order valence-electron chi connectivity index (χ3n) is 5.18. The number of fused-ring (bicyclic) bond motifs is 3. The van der Waals surface area contributed by atoms with E-state index in [4.69, 9.17) is 0 Å². The number of nitro groups is 2. The van der Waals surface area contributed by atoms with Crippen molar-refractivity contribution in [3.05, 3.63) is 67.3 Å². The highest BCUT2D eigenvalue weighted by atomic mass is 19.4.